The molecule has 2 aliphatic heterocycles. The van der Waals surface area contributed by atoms with Crippen LogP contribution in [0.25, 0.3) is 0 Å². The van der Waals surface area contributed by atoms with Crippen molar-refractivity contribution in [2.24, 2.45) is 0 Å². The number of rotatable bonds is 6. The van der Waals surface area contributed by atoms with Gasteiger partial charge in [-0.15, -0.1) is 0 Å². The lowest BCUT2D eigenvalue weighted by atomic mass is 9.89. The number of carbonyl (C=O) groups is 4. The minimum absolute atomic E-state index is 0.0279. The summed E-state index contributed by atoms with van der Waals surface area (Å²) in [5.74, 6) is -2.38. The predicted octanol–water partition coefficient (Wildman–Crippen LogP) is 3.75. The Balaban J connectivity index is 1.49. The van der Waals surface area contributed by atoms with Gasteiger partial charge in [0.15, 0.2) is 5.60 Å². The number of imide groups is 1. The molecule has 2 aliphatic rings. The molecule has 1 fully saturated rings. The monoisotopic (exact) mass is 533 g/mol. The highest BCUT2D eigenvalue weighted by molar-refractivity contribution is 6.31. The van der Waals surface area contributed by atoms with Gasteiger partial charge in [-0.05, 0) is 54.6 Å². The van der Waals surface area contributed by atoms with Crippen molar-refractivity contribution in [3.8, 4) is 0 Å². The molecule has 0 radical (unpaired) electrons. The van der Waals surface area contributed by atoms with Crippen molar-refractivity contribution >= 4 is 41.2 Å². The zero-order valence-corrected chi connectivity index (χ0v) is 20.9. The van der Waals surface area contributed by atoms with Crippen LogP contribution in [-0.2, 0) is 21.6 Å². The predicted molar refractivity (Wildman–Crippen MR) is 139 cm³/mol. The summed E-state index contributed by atoms with van der Waals surface area (Å²) in [6.45, 7) is 1.03. The first-order chi connectivity index (χ1) is 18.3. The highest BCUT2D eigenvalue weighted by Gasteiger charge is 2.49. The maximum atomic E-state index is 14.0. The Morgan fingerprint density at radius 2 is 1.76 bits per heavy atom. The molecule has 1 spiro atoms. The number of aromatic carboxylic acids is 1. The van der Waals surface area contributed by atoms with Crippen LogP contribution in [0, 0.1) is 0 Å². The van der Waals surface area contributed by atoms with Gasteiger partial charge in [0, 0.05) is 35.5 Å². The van der Waals surface area contributed by atoms with Crippen LogP contribution >= 0.6 is 11.6 Å². The number of ether oxygens (including phenoxy) is 1. The molecule has 9 nitrogen and oxygen atoms in total. The molecule has 194 valence electrons. The molecule has 5 rings (SSSR count). The zero-order valence-electron chi connectivity index (χ0n) is 20.1. The van der Waals surface area contributed by atoms with Crippen molar-refractivity contribution < 1.29 is 29.0 Å². The maximum absolute atomic E-state index is 14.0. The molecule has 0 bridgehead atoms. The van der Waals surface area contributed by atoms with Gasteiger partial charge in [-0.3, -0.25) is 9.59 Å². The van der Waals surface area contributed by atoms with Gasteiger partial charge in [-0.2, -0.15) is 0 Å². The molecular weight excluding hydrogens is 510 g/mol. The summed E-state index contributed by atoms with van der Waals surface area (Å²) < 4.78 is 5.85. The third-order valence-corrected chi connectivity index (χ3v) is 7.01. The summed E-state index contributed by atoms with van der Waals surface area (Å²) >= 11 is 6.28. The average molecular weight is 534 g/mol. The normalized spacial score (nSPS) is 19.0. The third kappa shape index (κ3) is 4.85. The lowest BCUT2D eigenvalue weighted by Crippen LogP contribution is -2.56. The van der Waals surface area contributed by atoms with Crippen molar-refractivity contribution in [1.29, 1.82) is 0 Å². The number of nitrogens with one attached hydrogen (secondary N) is 2. The summed E-state index contributed by atoms with van der Waals surface area (Å²) in [5, 5.41) is 15.5. The molecule has 38 heavy (non-hydrogen) atoms. The standard InChI is InChI=1S/C28H24ClN3O6/c29-20-10-11-23-21(15-20)28(12-13-30-16-28)38-27(37)32(23)25(34)22(14-17-4-2-1-3-5-17)31-24(33)18-6-8-19(9-7-18)26(35)36/h1-11,15,22,30H,12-14,16H2,(H,31,33)(H,35,36)/t22-,28+/m0/s1. The molecule has 2 atom stereocenters. The quantitative estimate of drug-likeness (QED) is 0.440. The Morgan fingerprint density at radius 3 is 2.42 bits per heavy atom. The molecule has 3 amide bonds. The maximum Gasteiger partial charge on any atom is 0.422 e. The van der Waals surface area contributed by atoms with Gasteiger partial charge in [0.1, 0.15) is 6.04 Å². The van der Waals surface area contributed by atoms with Crippen molar-refractivity contribution in [3.63, 3.8) is 0 Å². The fourth-order valence-electron chi connectivity index (χ4n) is 4.84. The van der Waals surface area contributed by atoms with Crippen LogP contribution in [-0.4, -0.2) is 48.1 Å². The van der Waals surface area contributed by atoms with Gasteiger partial charge in [-0.25, -0.2) is 14.5 Å². The number of hydrogen-bond acceptors (Lipinski definition) is 6. The van der Waals surface area contributed by atoms with Crippen LogP contribution in [0.15, 0.2) is 72.8 Å². The van der Waals surface area contributed by atoms with E-state index in [0.29, 0.717) is 35.8 Å². The van der Waals surface area contributed by atoms with Gasteiger partial charge in [0.2, 0.25) is 0 Å². The lowest BCUT2D eigenvalue weighted by molar-refractivity contribution is -0.120. The molecule has 0 aromatic heterocycles. The minimum atomic E-state index is -1.13. The molecule has 3 aromatic carbocycles. The van der Waals surface area contributed by atoms with Crippen molar-refractivity contribution in [2.45, 2.75) is 24.5 Å². The second-order valence-electron chi connectivity index (χ2n) is 9.22. The van der Waals surface area contributed by atoms with Crippen LogP contribution in [0.5, 0.6) is 0 Å². The van der Waals surface area contributed by atoms with Gasteiger partial charge in [0.05, 0.1) is 11.3 Å². The highest BCUT2D eigenvalue weighted by Crippen LogP contribution is 2.44. The van der Waals surface area contributed by atoms with E-state index >= 15 is 0 Å². The zero-order chi connectivity index (χ0) is 26.9. The molecule has 3 N–H and O–H groups in total. The number of amides is 3. The topological polar surface area (TPSA) is 125 Å². The Hall–Kier alpha value is -4.21. The van der Waals surface area contributed by atoms with Crippen molar-refractivity contribution in [1.82, 2.24) is 10.6 Å². The van der Waals surface area contributed by atoms with Gasteiger partial charge in [-0.1, -0.05) is 41.9 Å². The van der Waals surface area contributed by atoms with Gasteiger partial charge in [0.25, 0.3) is 11.8 Å². The number of halogens is 1. The number of benzene rings is 3. The van der Waals surface area contributed by atoms with E-state index in [4.69, 9.17) is 21.4 Å². The summed E-state index contributed by atoms with van der Waals surface area (Å²) in [4.78, 5) is 52.5. The largest absolute Gasteiger partial charge is 0.478 e. The van der Waals surface area contributed by atoms with Crippen molar-refractivity contribution in [3.05, 3.63) is 100 Å². The van der Waals surface area contributed by atoms with Crippen LogP contribution < -0.4 is 15.5 Å². The van der Waals surface area contributed by atoms with Crippen LogP contribution in [0.2, 0.25) is 5.02 Å². The number of carboxylic acids is 1. The van der Waals surface area contributed by atoms with Crippen LogP contribution in [0.4, 0.5) is 10.5 Å². The van der Waals surface area contributed by atoms with Crippen molar-refractivity contribution in [2.75, 3.05) is 18.0 Å². The third-order valence-electron chi connectivity index (χ3n) is 6.77. The molecule has 1 saturated heterocycles. The Kier molecular flexibility index (Phi) is 6.88. The number of carboxylic acid groups (broad SMARTS) is 1. The van der Waals surface area contributed by atoms with E-state index in [1.54, 1.807) is 18.2 Å². The number of nitrogens with zero attached hydrogens (tertiary/aromatic N) is 1. The number of fused-ring (bicyclic) bond motifs is 2. The molecule has 3 aromatic rings. The van der Waals surface area contributed by atoms with E-state index in [9.17, 15) is 19.2 Å². The van der Waals surface area contributed by atoms with E-state index in [0.717, 1.165) is 10.5 Å². The number of hydrogen-bond donors (Lipinski definition) is 3. The Bertz CT molecular complexity index is 1400. The van der Waals surface area contributed by atoms with E-state index in [1.807, 2.05) is 30.3 Å². The molecule has 0 unspecified atom stereocenters. The number of carbonyl (C=O) groups excluding carboxylic acids is 3. The average Bonchev–Trinajstić information content (AvgIpc) is 3.38. The SMILES string of the molecule is O=C(O)c1ccc(C(=O)N[C@@H](Cc2ccccc2)C(=O)N2C(=O)O[C@@]3(CCNC3)c3cc(Cl)ccc32)cc1. The fraction of sp³-hybridized carbons (Fsp3) is 0.214. The summed E-state index contributed by atoms with van der Waals surface area (Å²) in [5.41, 5.74) is 1.02. The second-order valence-corrected chi connectivity index (χ2v) is 9.66. The first kappa shape index (κ1) is 25.4. The van der Waals surface area contributed by atoms with Gasteiger partial charge >= 0.3 is 12.1 Å². The van der Waals surface area contributed by atoms with E-state index in [-0.39, 0.29) is 17.5 Å². The second kappa shape index (κ2) is 10.3. The molecule has 10 heteroatoms. The molecular formula is C28H24ClN3O6. The van der Waals surface area contributed by atoms with E-state index < -0.39 is 35.5 Å². The Labute approximate surface area is 223 Å². The highest BCUT2D eigenvalue weighted by atomic mass is 35.5. The van der Waals surface area contributed by atoms with Crippen LogP contribution in [0.1, 0.15) is 38.3 Å². The summed E-state index contributed by atoms with van der Waals surface area (Å²) in [6.07, 6.45) is -0.186. The van der Waals surface area contributed by atoms with E-state index in [1.165, 1.54) is 24.3 Å². The molecule has 0 aliphatic carbocycles. The number of anilines is 1. The Morgan fingerprint density at radius 1 is 1.05 bits per heavy atom. The molecule has 2 heterocycles. The van der Waals surface area contributed by atoms with Gasteiger partial charge < -0.3 is 20.5 Å². The van der Waals surface area contributed by atoms with E-state index in [2.05, 4.69) is 10.6 Å². The first-order valence-electron chi connectivity index (χ1n) is 12.0. The first-order valence-corrected chi connectivity index (χ1v) is 12.4. The summed E-state index contributed by atoms with van der Waals surface area (Å²) in [6, 6.07) is 18.2. The van der Waals surface area contributed by atoms with Crippen LogP contribution in [0.3, 0.4) is 0 Å². The smallest absolute Gasteiger partial charge is 0.422 e. The summed E-state index contributed by atoms with van der Waals surface area (Å²) in [7, 11) is 0. The minimum Gasteiger partial charge on any atom is -0.478 e. The fourth-order valence-corrected chi connectivity index (χ4v) is 5.01. The molecule has 0 saturated carbocycles. The lowest BCUT2D eigenvalue weighted by Gasteiger charge is -2.40.